The van der Waals surface area contributed by atoms with Crippen molar-refractivity contribution in [2.75, 3.05) is 6.54 Å². The molecule has 1 aromatic rings. The van der Waals surface area contributed by atoms with E-state index in [0.29, 0.717) is 0 Å². The summed E-state index contributed by atoms with van der Waals surface area (Å²) in [6, 6.07) is 8.74. The maximum Gasteiger partial charge on any atom is 0.0429 e. The summed E-state index contributed by atoms with van der Waals surface area (Å²) in [7, 11) is 0. The van der Waals surface area contributed by atoms with Crippen LogP contribution >= 0.6 is 0 Å². The Bertz CT molecular complexity index is 415. The van der Waals surface area contributed by atoms with E-state index in [4.69, 9.17) is 0 Å². The van der Waals surface area contributed by atoms with Crippen molar-refractivity contribution in [3.8, 4) is 0 Å². The third-order valence-corrected chi connectivity index (χ3v) is 4.44. The molecular weight excluding hydrogens is 218 g/mol. The standard InChI is InChI=1S/C17H23N/c1-2-6-15(7-3-1)10-12-18-13-11-16-8-4-5-9-17(16)14-18/h4-5,8-9,11,13,15H,1-3,6-7,10,12,14H2. The first-order valence-electron chi connectivity index (χ1n) is 7.42. The Kier molecular flexibility index (Phi) is 3.68. The van der Waals surface area contributed by atoms with E-state index in [-0.39, 0.29) is 0 Å². The van der Waals surface area contributed by atoms with Gasteiger partial charge in [0.1, 0.15) is 0 Å². The molecule has 1 nitrogen and oxygen atoms in total. The summed E-state index contributed by atoms with van der Waals surface area (Å²) in [5.41, 5.74) is 2.87. The molecule has 1 aliphatic heterocycles. The molecule has 0 atom stereocenters. The molecule has 0 bridgehead atoms. The van der Waals surface area contributed by atoms with Crippen molar-refractivity contribution in [2.24, 2.45) is 5.92 Å². The van der Waals surface area contributed by atoms with Gasteiger partial charge in [-0.15, -0.1) is 0 Å². The minimum atomic E-state index is 0.990. The Morgan fingerprint density at radius 1 is 1.06 bits per heavy atom. The second-order valence-corrected chi connectivity index (χ2v) is 5.78. The molecule has 0 amide bonds. The van der Waals surface area contributed by atoms with Gasteiger partial charge in [-0.2, -0.15) is 0 Å². The molecule has 1 aromatic carbocycles. The number of fused-ring (bicyclic) bond motifs is 1. The summed E-state index contributed by atoms with van der Waals surface area (Å²) in [4.78, 5) is 2.48. The highest BCUT2D eigenvalue weighted by molar-refractivity contribution is 5.55. The van der Waals surface area contributed by atoms with E-state index >= 15 is 0 Å². The Morgan fingerprint density at radius 2 is 1.89 bits per heavy atom. The van der Waals surface area contributed by atoms with Crippen molar-refractivity contribution >= 4 is 6.08 Å². The molecule has 18 heavy (non-hydrogen) atoms. The summed E-state index contributed by atoms with van der Waals surface area (Å²) >= 11 is 0. The molecule has 2 aliphatic rings. The van der Waals surface area contributed by atoms with Gasteiger partial charge in [-0.05, 0) is 35.7 Å². The highest BCUT2D eigenvalue weighted by Gasteiger charge is 2.15. The van der Waals surface area contributed by atoms with Crippen LogP contribution < -0.4 is 0 Å². The van der Waals surface area contributed by atoms with Crippen LogP contribution in [0.3, 0.4) is 0 Å². The maximum absolute atomic E-state index is 2.48. The van der Waals surface area contributed by atoms with Crippen molar-refractivity contribution in [1.82, 2.24) is 4.90 Å². The molecular formula is C17H23N. The van der Waals surface area contributed by atoms with E-state index in [9.17, 15) is 0 Å². The summed E-state index contributed by atoms with van der Waals surface area (Å²) in [6.07, 6.45) is 13.2. The quantitative estimate of drug-likeness (QED) is 0.756. The van der Waals surface area contributed by atoms with Gasteiger partial charge >= 0.3 is 0 Å². The lowest BCUT2D eigenvalue weighted by atomic mass is 9.87. The van der Waals surface area contributed by atoms with Gasteiger partial charge in [-0.1, -0.05) is 56.4 Å². The average molecular weight is 241 g/mol. The molecule has 0 radical (unpaired) electrons. The molecule has 3 rings (SSSR count). The molecule has 1 saturated carbocycles. The van der Waals surface area contributed by atoms with Crippen LogP contribution in [0.1, 0.15) is 49.7 Å². The van der Waals surface area contributed by atoms with E-state index in [1.165, 1.54) is 56.2 Å². The van der Waals surface area contributed by atoms with Gasteiger partial charge in [0.2, 0.25) is 0 Å². The van der Waals surface area contributed by atoms with Gasteiger partial charge in [-0.25, -0.2) is 0 Å². The lowest BCUT2D eigenvalue weighted by Gasteiger charge is -2.28. The predicted molar refractivity (Wildman–Crippen MR) is 77.1 cm³/mol. The van der Waals surface area contributed by atoms with Gasteiger partial charge < -0.3 is 4.90 Å². The smallest absolute Gasteiger partial charge is 0.0429 e. The SMILES string of the molecule is C1=CN(CCC2CCCCC2)Cc2ccccc21. The van der Waals surface area contributed by atoms with Gasteiger partial charge in [0, 0.05) is 13.1 Å². The molecule has 0 N–H and O–H groups in total. The zero-order chi connectivity index (χ0) is 12.2. The number of rotatable bonds is 3. The fourth-order valence-electron chi connectivity index (χ4n) is 3.28. The summed E-state index contributed by atoms with van der Waals surface area (Å²) < 4.78 is 0. The fraction of sp³-hybridized carbons (Fsp3) is 0.529. The highest BCUT2D eigenvalue weighted by Crippen LogP contribution is 2.27. The third-order valence-electron chi connectivity index (χ3n) is 4.44. The van der Waals surface area contributed by atoms with Crippen molar-refractivity contribution in [1.29, 1.82) is 0 Å². The van der Waals surface area contributed by atoms with Gasteiger partial charge in [0.25, 0.3) is 0 Å². The van der Waals surface area contributed by atoms with Gasteiger partial charge in [0.15, 0.2) is 0 Å². The highest BCUT2D eigenvalue weighted by atomic mass is 15.1. The Morgan fingerprint density at radius 3 is 2.78 bits per heavy atom. The monoisotopic (exact) mass is 241 g/mol. The van der Waals surface area contributed by atoms with E-state index in [0.717, 1.165) is 12.5 Å². The number of hydrogen-bond acceptors (Lipinski definition) is 1. The van der Waals surface area contributed by atoms with Crippen molar-refractivity contribution in [2.45, 2.75) is 45.1 Å². The number of hydrogen-bond donors (Lipinski definition) is 0. The summed E-state index contributed by atoms with van der Waals surface area (Å²) in [5, 5.41) is 0. The molecule has 0 saturated heterocycles. The summed E-state index contributed by atoms with van der Waals surface area (Å²) in [6.45, 7) is 2.33. The van der Waals surface area contributed by atoms with E-state index in [1.54, 1.807) is 0 Å². The predicted octanol–water partition coefficient (Wildman–Crippen LogP) is 4.44. The first kappa shape index (κ1) is 11.8. The zero-order valence-corrected chi connectivity index (χ0v) is 11.1. The topological polar surface area (TPSA) is 3.24 Å². The van der Waals surface area contributed by atoms with E-state index < -0.39 is 0 Å². The Labute approximate surface area is 111 Å². The van der Waals surface area contributed by atoms with Crippen LogP contribution in [-0.2, 0) is 6.54 Å². The van der Waals surface area contributed by atoms with Crippen LogP contribution in [0.15, 0.2) is 30.5 Å². The first-order chi connectivity index (χ1) is 8.92. The van der Waals surface area contributed by atoms with Crippen LogP contribution in [-0.4, -0.2) is 11.4 Å². The second kappa shape index (κ2) is 5.60. The number of nitrogens with zero attached hydrogens (tertiary/aromatic N) is 1. The fourth-order valence-corrected chi connectivity index (χ4v) is 3.28. The second-order valence-electron chi connectivity index (χ2n) is 5.78. The molecule has 1 aliphatic carbocycles. The lowest BCUT2D eigenvalue weighted by Crippen LogP contribution is -2.23. The summed E-state index contributed by atoms with van der Waals surface area (Å²) in [5.74, 6) is 0.990. The average Bonchev–Trinajstić information content (AvgIpc) is 2.46. The largest absolute Gasteiger partial charge is 0.373 e. The van der Waals surface area contributed by atoms with Crippen LogP contribution in [0.4, 0.5) is 0 Å². The van der Waals surface area contributed by atoms with E-state index in [1.807, 2.05) is 0 Å². The molecule has 96 valence electrons. The molecule has 1 heteroatoms. The minimum Gasteiger partial charge on any atom is -0.373 e. The number of benzene rings is 1. The molecule has 0 aromatic heterocycles. The third kappa shape index (κ3) is 2.77. The van der Waals surface area contributed by atoms with Crippen LogP contribution in [0, 0.1) is 5.92 Å². The molecule has 0 spiro atoms. The molecule has 1 fully saturated rings. The normalized spacial score (nSPS) is 19.9. The van der Waals surface area contributed by atoms with Gasteiger partial charge in [0.05, 0.1) is 0 Å². The van der Waals surface area contributed by atoms with E-state index in [2.05, 4.69) is 41.4 Å². The first-order valence-corrected chi connectivity index (χ1v) is 7.42. The molecule has 0 unspecified atom stereocenters. The van der Waals surface area contributed by atoms with Crippen LogP contribution in [0.2, 0.25) is 0 Å². The Hall–Kier alpha value is -1.24. The van der Waals surface area contributed by atoms with Crippen molar-refractivity contribution in [3.63, 3.8) is 0 Å². The van der Waals surface area contributed by atoms with Crippen molar-refractivity contribution < 1.29 is 0 Å². The minimum absolute atomic E-state index is 0.990. The van der Waals surface area contributed by atoms with Gasteiger partial charge in [-0.3, -0.25) is 0 Å². The molecule has 1 heterocycles. The van der Waals surface area contributed by atoms with Crippen LogP contribution in [0.25, 0.3) is 6.08 Å². The lowest BCUT2D eigenvalue weighted by molar-refractivity contribution is 0.278. The van der Waals surface area contributed by atoms with Crippen molar-refractivity contribution in [3.05, 3.63) is 41.6 Å². The Balaban J connectivity index is 1.53. The maximum atomic E-state index is 2.48. The zero-order valence-electron chi connectivity index (χ0n) is 11.1. The van der Waals surface area contributed by atoms with Crippen LogP contribution in [0.5, 0.6) is 0 Å².